The van der Waals surface area contributed by atoms with Gasteiger partial charge in [-0.1, -0.05) is 19.1 Å². The summed E-state index contributed by atoms with van der Waals surface area (Å²) in [6, 6.07) is 10.2. The number of hydrogen-bond donors (Lipinski definition) is 2. The lowest BCUT2D eigenvalue weighted by atomic mass is 10.1. The number of rotatable bonds is 11. The van der Waals surface area contributed by atoms with Gasteiger partial charge >= 0.3 is 6.09 Å². The maximum Gasteiger partial charge on any atom is 0.404 e. The first kappa shape index (κ1) is 29.6. The molecular formula is C27H29F2N5O6S. The van der Waals surface area contributed by atoms with Gasteiger partial charge in [0.25, 0.3) is 5.91 Å². The largest absolute Gasteiger partial charge is 0.472 e. The molecular weight excluding hydrogens is 560 g/mol. The van der Waals surface area contributed by atoms with Crippen LogP contribution in [0.3, 0.4) is 0 Å². The minimum absolute atomic E-state index is 0.0665. The fraction of sp³-hybridized carbons (Fsp3) is 0.333. The van der Waals surface area contributed by atoms with Crippen molar-refractivity contribution in [2.24, 2.45) is 5.73 Å². The molecule has 1 fully saturated rings. The molecule has 3 atom stereocenters. The second kappa shape index (κ2) is 12.9. The molecule has 1 aliphatic rings. The van der Waals surface area contributed by atoms with Crippen molar-refractivity contribution >= 4 is 27.7 Å². The standard InChI is InChI=1S/C27H29F2N5O6S/c1-2-41(37,38)22-7-3-17(4-8-22)23(16-39-27(30)36)33-26(35)18-5-9-24(31-13-18)34-15-21(11-20(34)12-28)40-25-10-6-19(29)14-32-25/h3-10,13-14,20-21,23H,2,11-12,15-16H2,1H3,(H2,30,36)(H,33,35)/t20-,21-,23-/m0/s1. The quantitative estimate of drug-likeness (QED) is 0.344. The van der Waals surface area contributed by atoms with E-state index in [1.807, 2.05) is 0 Å². The van der Waals surface area contributed by atoms with E-state index in [0.29, 0.717) is 24.3 Å². The van der Waals surface area contributed by atoms with E-state index in [2.05, 4.69) is 15.3 Å². The van der Waals surface area contributed by atoms with Gasteiger partial charge in [-0.05, 0) is 35.9 Å². The van der Waals surface area contributed by atoms with Crippen LogP contribution in [0.2, 0.25) is 0 Å². The van der Waals surface area contributed by atoms with Gasteiger partial charge in [-0.25, -0.2) is 32.0 Å². The third kappa shape index (κ3) is 7.45. The second-order valence-electron chi connectivity index (χ2n) is 9.28. The summed E-state index contributed by atoms with van der Waals surface area (Å²) in [6.07, 6.45) is 1.29. The number of hydrogen-bond acceptors (Lipinski definition) is 9. The van der Waals surface area contributed by atoms with E-state index in [0.717, 1.165) is 6.20 Å². The number of nitrogens with one attached hydrogen (secondary N) is 1. The first-order valence-corrected chi connectivity index (χ1v) is 14.4. The average molecular weight is 590 g/mol. The van der Waals surface area contributed by atoms with Crippen molar-refractivity contribution < 1.29 is 36.3 Å². The molecule has 0 aliphatic carbocycles. The fourth-order valence-corrected chi connectivity index (χ4v) is 5.27. The van der Waals surface area contributed by atoms with Gasteiger partial charge in [-0.3, -0.25) is 4.79 Å². The lowest BCUT2D eigenvalue weighted by molar-refractivity contribution is 0.0898. The number of pyridine rings is 2. The van der Waals surface area contributed by atoms with Crippen LogP contribution in [0.1, 0.15) is 35.3 Å². The van der Waals surface area contributed by atoms with Crippen molar-refractivity contribution in [1.82, 2.24) is 15.3 Å². The molecule has 0 spiro atoms. The maximum absolute atomic E-state index is 13.8. The van der Waals surface area contributed by atoms with Crippen LogP contribution < -0.4 is 20.7 Å². The van der Waals surface area contributed by atoms with Crippen LogP contribution in [0.15, 0.2) is 65.8 Å². The van der Waals surface area contributed by atoms with Gasteiger partial charge in [-0.2, -0.15) is 0 Å². The summed E-state index contributed by atoms with van der Waals surface area (Å²) in [5.41, 5.74) is 5.77. The van der Waals surface area contributed by atoms with Gasteiger partial charge in [0, 0.05) is 18.7 Å². The summed E-state index contributed by atoms with van der Waals surface area (Å²) >= 11 is 0. The van der Waals surface area contributed by atoms with Gasteiger partial charge in [0.15, 0.2) is 9.84 Å². The number of halogens is 2. The van der Waals surface area contributed by atoms with Gasteiger partial charge < -0.3 is 25.4 Å². The predicted molar refractivity (Wildman–Crippen MR) is 144 cm³/mol. The summed E-state index contributed by atoms with van der Waals surface area (Å²) in [7, 11) is -3.42. The van der Waals surface area contributed by atoms with E-state index in [1.165, 1.54) is 55.6 Å². The second-order valence-corrected chi connectivity index (χ2v) is 11.6. The first-order valence-electron chi connectivity index (χ1n) is 12.7. The highest BCUT2D eigenvalue weighted by molar-refractivity contribution is 7.91. The Morgan fingerprint density at radius 2 is 1.88 bits per heavy atom. The van der Waals surface area contributed by atoms with Crippen molar-refractivity contribution in [3.63, 3.8) is 0 Å². The van der Waals surface area contributed by atoms with Crippen LogP contribution in [-0.4, -0.2) is 68.1 Å². The Kier molecular flexibility index (Phi) is 9.32. The van der Waals surface area contributed by atoms with E-state index in [4.69, 9.17) is 15.2 Å². The molecule has 14 heteroatoms. The number of alkyl halides is 1. The zero-order valence-corrected chi connectivity index (χ0v) is 22.9. The zero-order chi connectivity index (χ0) is 29.6. The molecule has 4 rings (SSSR count). The molecule has 218 valence electrons. The molecule has 0 unspecified atom stereocenters. The average Bonchev–Trinajstić information content (AvgIpc) is 3.39. The highest BCUT2D eigenvalue weighted by Gasteiger charge is 2.34. The van der Waals surface area contributed by atoms with E-state index >= 15 is 0 Å². The van der Waals surface area contributed by atoms with Gasteiger partial charge in [0.2, 0.25) is 5.88 Å². The smallest absolute Gasteiger partial charge is 0.404 e. The molecule has 0 saturated carbocycles. The number of primary amides is 1. The number of sulfone groups is 1. The van der Waals surface area contributed by atoms with Gasteiger partial charge in [0.1, 0.15) is 31.0 Å². The third-order valence-electron chi connectivity index (χ3n) is 6.57. The topological polar surface area (TPSA) is 154 Å². The van der Waals surface area contributed by atoms with Crippen LogP contribution in [0, 0.1) is 5.82 Å². The lowest BCUT2D eigenvalue weighted by Crippen LogP contribution is -2.34. The number of carbonyl (C=O) groups excluding carboxylic acids is 2. The molecule has 2 aromatic heterocycles. The lowest BCUT2D eigenvalue weighted by Gasteiger charge is -2.23. The van der Waals surface area contributed by atoms with E-state index in [9.17, 15) is 26.8 Å². The van der Waals surface area contributed by atoms with Crippen LogP contribution >= 0.6 is 0 Å². The molecule has 3 aromatic rings. The Morgan fingerprint density at radius 3 is 2.46 bits per heavy atom. The fourth-order valence-electron chi connectivity index (χ4n) is 4.38. The van der Waals surface area contributed by atoms with Crippen LogP contribution in [0.5, 0.6) is 5.88 Å². The number of amides is 2. The van der Waals surface area contributed by atoms with E-state index in [-0.39, 0.29) is 28.7 Å². The first-order chi connectivity index (χ1) is 19.6. The number of nitrogens with two attached hydrogens (primary N) is 1. The molecule has 3 N–H and O–H groups in total. The number of benzene rings is 1. The highest BCUT2D eigenvalue weighted by Crippen LogP contribution is 2.27. The molecule has 3 heterocycles. The third-order valence-corrected chi connectivity index (χ3v) is 8.32. The van der Waals surface area contributed by atoms with Gasteiger partial charge in [-0.15, -0.1) is 0 Å². The normalized spacial score (nSPS) is 17.6. The van der Waals surface area contributed by atoms with Gasteiger partial charge in [0.05, 0.1) is 41.0 Å². The molecule has 11 nitrogen and oxygen atoms in total. The van der Waals surface area contributed by atoms with Crippen LogP contribution in [-0.2, 0) is 14.6 Å². The van der Waals surface area contributed by atoms with Crippen molar-refractivity contribution in [2.75, 3.05) is 30.5 Å². The molecule has 1 aromatic carbocycles. The molecule has 2 amide bonds. The molecule has 1 saturated heterocycles. The Hall–Kier alpha value is -4.33. The van der Waals surface area contributed by atoms with E-state index in [1.54, 1.807) is 11.0 Å². The van der Waals surface area contributed by atoms with E-state index < -0.39 is 52.5 Å². The van der Waals surface area contributed by atoms with Crippen molar-refractivity contribution in [1.29, 1.82) is 0 Å². The predicted octanol–water partition coefficient (Wildman–Crippen LogP) is 2.97. The van der Waals surface area contributed by atoms with Crippen molar-refractivity contribution in [3.8, 4) is 5.88 Å². The summed E-state index contributed by atoms with van der Waals surface area (Å²) in [4.78, 5) is 34.3. The number of anilines is 1. The summed E-state index contributed by atoms with van der Waals surface area (Å²) in [5, 5.41) is 2.74. The summed E-state index contributed by atoms with van der Waals surface area (Å²) in [5.74, 6) is -0.439. The Morgan fingerprint density at radius 1 is 1.12 bits per heavy atom. The molecule has 0 bridgehead atoms. The minimum atomic E-state index is -3.42. The number of nitrogens with zero attached hydrogens (tertiary/aromatic N) is 3. The molecule has 1 aliphatic heterocycles. The van der Waals surface area contributed by atoms with Crippen molar-refractivity contribution in [3.05, 3.63) is 77.9 Å². The Labute approximate surface area is 235 Å². The SMILES string of the molecule is CCS(=O)(=O)c1ccc([C@H](COC(N)=O)NC(=O)c2ccc(N3C[C@@H](Oc4ccc(F)cn4)C[C@H]3CF)nc2)cc1. The monoisotopic (exact) mass is 589 g/mol. The minimum Gasteiger partial charge on any atom is -0.472 e. The summed E-state index contributed by atoms with van der Waals surface area (Å²) < 4.78 is 61.9. The van der Waals surface area contributed by atoms with Crippen LogP contribution in [0.25, 0.3) is 0 Å². The maximum atomic E-state index is 13.8. The number of carbonyl (C=O) groups is 2. The van der Waals surface area contributed by atoms with Crippen molar-refractivity contribution in [2.45, 2.75) is 36.4 Å². The Bertz CT molecular complexity index is 1460. The Balaban J connectivity index is 1.45. The summed E-state index contributed by atoms with van der Waals surface area (Å²) in [6.45, 7) is 0.900. The number of ether oxygens (including phenoxy) is 2. The highest BCUT2D eigenvalue weighted by atomic mass is 32.2. The number of aromatic nitrogens is 2. The zero-order valence-electron chi connectivity index (χ0n) is 22.1. The van der Waals surface area contributed by atoms with Crippen LogP contribution in [0.4, 0.5) is 19.4 Å². The molecule has 41 heavy (non-hydrogen) atoms. The molecule has 0 radical (unpaired) electrons.